The minimum absolute atomic E-state index is 0.0445. The molecule has 9 heterocycles. The van der Waals surface area contributed by atoms with Crippen LogP contribution < -0.4 is 28.9 Å². The number of carbonyl (C=O) groups excluding carboxylic acids is 6. The summed E-state index contributed by atoms with van der Waals surface area (Å²) in [5, 5.41) is 0. The summed E-state index contributed by atoms with van der Waals surface area (Å²) >= 11 is 0. The number of anilines is 3. The van der Waals surface area contributed by atoms with Gasteiger partial charge in [-0.15, -0.1) is 0 Å². The van der Waals surface area contributed by atoms with Gasteiger partial charge in [0.15, 0.2) is 0 Å². The summed E-state index contributed by atoms with van der Waals surface area (Å²) in [5.74, 6) is 2.56. The molecular weight excluding hydrogens is 1980 g/mol. The number of aryl methyl sites for hydroxylation is 1. The number of halogens is 18. The van der Waals surface area contributed by atoms with E-state index in [9.17, 15) is 108 Å². The van der Waals surface area contributed by atoms with E-state index in [1.54, 1.807) is 0 Å². The molecule has 9 fully saturated rings. The smallest absolute Gasteiger partial charge is 0.416 e. The first-order valence-corrected chi connectivity index (χ1v) is 48.3. The van der Waals surface area contributed by atoms with E-state index in [-0.39, 0.29) is 91.2 Å². The number of carbonyl (C=O) groups is 6. The summed E-state index contributed by atoms with van der Waals surface area (Å²) < 4.78 is 294. The molecule has 3 amide bonds. The number of hydrogen-bond acceptors (Lipinski definition) is 21. The van der Waals surface area contributed by atoms with Crippen molar-refractivity contribution in [1.82, 2.24) is 29.7 Å². The van der Waals surface area contributed by atoms with Gasteiger partial charge in [0.2, 0.25) is 0 Å². The molecule has 12 atom stereocenters. The zero-order valence-corrected chi connectivity index (χ0v) is 82.0. The molecule has 6 aliphatic heterocycles. The Hall–Kier alpha value is -13.5. The number of amides is 3. The maximum Gasteiger partial charge on any atom is 0.416 e. The number of alkyl halides is 18. The highest BCUT2D eigenvalue weighted by molar-refractivity contribution is 5.82. The van der Waals surface area contributed by atoms with Gasteiger partial charge in [-0.1, -0.05) is 18.2 Å². The molecule has 148 heavy (non-hydrogen) atoms. The third-order valence-corrected chi connectivity index (χ3v) is 29.5. The molecular formula is C106H107F18N9O15. The molecule has 18 rings (SSSR count). The molecule has 3 aromatic heterocycles. The van der Waals surface area contributed by atoms with Crippen LogP contribution in [0, 0.1) is 24.7 Å². The van der Waals surface area contributed by atoms with E-state index in [0.717, 1.165) is 100 Å². The summed E-state index contributed by atoms with van der Waals surface area (Å²) in [6, 6.07) is 27.6. The van der Waals surface area contributed by atoms with Gasteiger partial charge in [-0.25, -0.2) is 29.3 Å². The number of rotatable bonds is 24. The molecule has 0 unspecified atom stereocenters. The van der Waals surface area contributed by atoms with Crippen molar-refractivity contribution in [1.29, 1.82) is 0 Å². The monoisotopic (exact) mass is 2090 g/mol. The van der Waals surface area contributed by atoms with Crippen LogP contribution in [0.15, 0.2) is 140 Å². The number of methoxy groups -OCH3 is 6. The lowest BCUT2D eigenvalue weighted by Crippen LogP contribution is -2.38. The molecule has 6 saturated heterocycles. The van der Waals surface area contributed by atoms with Crippen molar-refractivity contribution in [2.45, 2.75) is 216 Å². The average molecular weight is 2090 g/mol. The lowest BCUT2D eigenvalue weighted by molar-refractivity contribution is -0.146. The summed E-state index contributed by atoms with van der Waals surface area (Å²) in [7, 11) is 8.71. The summed E-state index contributed by atoms with van der Waals surface area (Å²) in [6.45, 7) is 10.8. The van der Waals surface area contributed by atoms with Gasteiger partial charge in [-0.3, -0.25) is 29.1 Å². The molecule has 9 aromatic rings. The molecule has 24 nitrogen and oxygen atoms in total. The van der Waals surface area contributed by atoms with Crippen molar-refractivity contribution in [2.24, 2.45) is 17.8 Å². The molecule has 0 radical (unpaired) electrons. The maximum absolute atomic E-state index is 13.7. The highest BCUT2D eigenvalue weighted by Gasteiger charge is 2.50. The minimum atomic E-state index is -5.05. The second kappa shape index (κ2) is 42.6. The van der Waals surface area contributed by atoms with Crippen LogP contribution in [-0.2, 0) is 99.5 Å². The SMILES string of the molecule is COC(=O)[C@@H]1CC[C@@H](c2ccc(OC)c(-c3c(C)cc(N4CCC4)nc3CN3C(=O)O[C@H](c4cc(C(F)(F)F)cc(C(F)(F)F)c4)[C@@H]3C)c2)C1.COC(=O)[C@H]1CC[C@@H](c2ccc(OC)c(-c3ccc(N4CCC4)nc3CN3C(=O)O[C@H](c4cc(C(F)(F)F)cc(C(F)(F)F)c4)[C@@H]3C)c2)C1.COC(=O)[C@H]1CC[C@@H](c2ccc(OC)c(-c3ccc(N4CCC4)nc3CN3C(=O)O[C@H](c4cc(C(F)(F)F)cc(C(F)(F)F)c4)[C@@H]3C)c2)C1. The van der Waals surface area contributed by atoms with Gasteiger partial charge in [-0.05, 0) is 283 Å². The van der Waals surface area contributed by atoms with Crippen molar-refractivity contribution in [3.05, 3.63) is 229 Å². The Labute approximate surface area is 839 Å². The lowest BCUT2D eigenvalue weighted by atomic mass is 9.90. The van der Waals surface area contributed by atoms with Crippen molar-refractivity contribution in [2.75, 3.05) is 96.6 Å². The van der Waals surface area contributed by atoms with E-state index in [4.69, 9.17) is 57.6 Å². The molecule has 0 bridgehead atoms. The van der Waals surface area contributed by atoms with E-state index in [2.05, 4.69) is 14.7 Å². The number of nitrogens with zero attached hydrogens (tertiary/aromatic N) is 9. The first-order valence-electron chi connectivity index (χ1n) is 48.3. The Morgan fingerprint density at radius 3 is 0.865 bits per heavy atom. The number of hydrogen-bond donors (Lipinski definition) is 0. The van der Waals surface area contributed by atoms with Crippen molar-refractivity contribution in [3.63, 3.8) is 0 Å². The van der Waals surface area contributed by atoms with Crippen LogP contribution in [0.2, 0.25) is 0 Å². The van der Waals surface area contributed by atoms with Crippen molar-refractivity contribution < 1.29 is 150 Å². The van der Waals surface area contributed by atoms with Gasteiger partial charge in [0.25, 0.3) is 0 Å². The molecule has 0 N–H and O–H groups in total. The fourth-order valence-electron chi connectivity index (χ4n) is 21.0. The van der Waals surface area contributed by atoms with Crippen LogP contribution >= 0.6 is 0 Å². The normalized spacial score (nSPS) is 22.5. The van der Waals surface area contributed by atoms with E-state index in [1.165, 1.54) is 78.1 Å². The number of aromatic nitrogens is 3. The van der Waals surface area contributed by atoms with Gasteiger partial charge >= 0.3 is 73.2 Å². The van der Waals surface area contributed by atoms with E-state index >= 15 is 0 Å². The average Bonchev–Trinajstić information content (AvgIpc) is 1.52. The quantitative estimate of drug-likeness (QED) is 0.0310. The van der Waals surface area contributed by atoms with Crippen LogP contribution in [-0.4, -0.2) is 166 Å². The van der Waals surface area contributed by atoms with Crippen molar-refractivity contribution >= 4 is 53.6 Å². The van der Waals surface area contributed by atoms with Crippen LogP contribution in [0.5, 0.6) is 17.2 Å². The van der Waals surface area contributed by atoms with Crippen LogP contribution in [0.3, 0.4) is 0 Å². The third kappa shape index (κ3) is 22.9. The van der Waals surface area contributed by atoms with Gasteiger partial charge < -0.3 is 57.3 Å². The first kappa shape index (κ1) is 107. The minimum Gasteiger partial charge on any atom is -0.496 e. The number of esters is 3. The second-order valence-corrected chi connectivity index (χ2v) is 38.6. The summed E-state index contributed by atoms with van der Waals surface area (Å²) in [4.78, 5) is 101. The predicted molar refractivity (Wildman–Crippen MR) is 502 cm³/mol. The Bertz CT molecular complexity index is 6130. The highest BCUT2D eigenvalue weighted by Crippen LogP contribution is 2.53. The highest BCUT2D eigenvalue weighted by atomic mass is 19.4. The molecule has 3 saturated carbocycles. The largest absolute Gasteiger partial charge is 0.496 e. The van der Waals surface area contributed by atoms with E-state index in [0.29, 0.717) is 160 Å². The summed E-state index contributed by atoms with van der Waals surface area (Å²) in [6.07, 6.45) is -27.9. The van der Waals surface area contributed by atoms with E-state index in [1.807, 2.05) is 91.9 Å². The van der Waals surface area contributed by atoms with Crippen molar-refractivity contribution in [3.8, 4) is 50.6 Å². The topological polar surface area (TPSA) is 244 Å². The molecule has 3 aliphatic carbocycles. The van der Waals surface area contributed by atoms with Gasteiger partial charge in [0.1, 0.15) is 53.0 Å². The zero-order valence-electron chi connectivity index (χ0n) is 82.0. The molecule has 792 valence electrons. The number of pyridine rings is 3. The van der Waals surface area contributed by atoms with Crippen LogP contribution in [0.4, 0.5) is 111 Å². The number of cyclic esters (lactones) is 3. The second-order valence-electron chi connectivity index (χ2n) is 38.6. The number of benzene rings is 6. The van der Waals surface area contributed by atoms with Gasteiger partial charge in [0.05, 0.1) is 149 Å². The fraction of sp³-hybridized carbons (Fsp3) is 0.462. The van der Waals surface area contributed by atoms with Crippen LogP contribution in [0.25, 0.3) is 33.4 Å². The Balaban J connectivity index is 0.000000158. The lowest BCUT2D eigenvalue weighted by Gasteiger charge is -2.33. The van der Waals surface area contributed by atoms with Crippen LogP contribution in [0.1, 0.15) is 223 Å². The molecule has 6 aromatic carbocycles. The zero-order chi connectivity index (χ0) is 107. The predicted octanol–water partition coefficient (Wildman–Crippen LogP) is 24.7. The molecule has 0 spiro atoms. The molecule has 42 heteroatoms. The number of ether oxygens (including phenoxy) is 9. The van der Waals surface area contributed by atoms with E-state index < -0.39 is 142 Å². The first-order chi connectivity index (χ1) is 69.9. The fourth-order valence-corrected chi connectivity index (χ4v) is 21.0. The Morgan fingerprint density at radius 2 is 0.595 bits per heavy atom. The maximum atomic E-state index is 13.7. The van der Waals surface area contributed by atoms with Gasteiger partial charge in [0, 0.05) is 72.6 Å². The standard InChI is InChI=1S/C36H37F6N3O5.2C35H35F6N3O5/c1-19-12-30(44-10-5-11-44)43-28(31(19)27-16-22(8-9-29(27)48-3)21-6-7-23(13-21)33(46)49-4)18-45-20(2)32(50-34(45)47)24-14-25(35(37,38)39)17-26(15-24)36(40,41)42;2*1-19-31(23-14-24(34(36,37)38)17-25(15-23)35(39,40)41)49-33(46)44(19)18-28-26(8-10-30(42-28)43-11-4-12-43)27-16-21(7-9-29(27)47-2)20-5-6-22(13-20)32(45)48-3/h8-9,12,14-17,20-21,23,32H,5-7,10-11,13,18H2,1-4H3;2*7-10,14-17,19-20,22,31H,4-6,11-13,18H2,1-3H3/t20-,21+,23+,32-;2*19-,20+,22-,31-/m000/s1. The Morgan fingerprint density at radius 1 is 0.324 bits per heavy atom. The molecule has 9 aliphatic rings. The third-order valence-electron chi connectivity index (χ3n) is 29.5. The Kier molecular flexibility index (Phi) is 30.9. The summed E-state index contributed by atoms with van der Waals surface area (Å²) in [5.41, 5.74) is -1.01. The van der Waals surface area contributed by atoms with Gasteiger partial charge in [-0.2, -0.15) is 79.0 Å².